The quantitative estimate of drug-likeness (QED) is 0.749. The van der Waals surface area contributed by atoms with E-state index in [2.05, 4.69) is 36.0 Å². The van der Waals surface area contributed by atoms with E-state index in [0.29, 0.717) is 18.5 Å². The fourth-order valence-electron chi connectivity index (χ4n) is 3.45. The van der Waals surface area contributed by atoms with E-state index in [1.54, 1.807) is 0 Å². The summed E-state index contributed by atoms with van der Waals surface area (Å²) < 4.78 is 0. The molecule has 1 aliphatic carbocycles. The molecule has 1 amide bonds. The van der Waals surface area contributed by atoms with Gasteiger partial charge >= 0.3 is 0 Å². The summed E-state index contributed by atoms with van der Waals surface area (Å²) in [7, 11) is 2.17. The molecule has 2 fully saturated rings. The molecular formula is C16H32N4O. The van der Waals surface area contributed by atoms with E-state index in [9.17, 15) is 4.79 Å². The molecule has 3 N–H and O–H groups in total. The maximum Gasteiger partial charge on any atom is 0.227 e. The maximum atomic E-state index is 12.4. The highest BCUT2D eigenvalue weighted by molar-refractivity contribution is 5.83. The molecule has 1 unspecified atom stereocenters. The van der Waals surface area contributed by atoms with E-state index < -0.39 is 0 Å². The highest BCUT2D eigenvalue weighted by Gasteiger charge is 2.43. The minimum absolute atomic E-state index is 0.177. The number of carbonyl (C=O) groups is 1. The van der Waals surface area contributed by atoms with Crippen LogP contribution in [0.3, 0.4) is 0 Å². The summed E-state index contributed by atoms with van der Waals surface area (Å²) in [5.74, 6) is 0.722. The molecule has 122 valence electrons. The largest absolute Gasteiger partial charge is 0.354 e. The molecule has 2 rings (SSSR count). The first-order chi connectivity index (χ1) is 9.98. The van der Waals surface area contributed by atoms with Gasteiger partial charge in [-0.15, -0.1) is 0 Å². The molecule has 1 heterocycles. The summed E-state index contributed by atoms with van der Waals surface area (Å²) in [6.07, 6.45) is 3.04. The van der Waals surface area contributed by atoms with Crippen LogP contribution < -0.4 is 11.1 Å². The molecule has 0 radical (unpaired) electrons. The van der Waals surface area contributed by atoms with E-state index in [4.69, 9.17) is 5.73 Å². The molecule has 1 aliphatic heterocycles. The summed E-state index contributed by atoms with van der Waals surface area (Å²) in [4.78, 5) is 17.3. The normalized spacial score (nSPS) is 24.6. The van der Waals surface area contributed by atoms with E-state index in [1.807, 2.05) is 0 Å². The van der Waals surface area contributed by atoms with E-state index in [1.165, 1.54) is 0 Å². The van der Waals surface area contributed by atoms with E-state index in [-0.39, 0.29) is 11.3 Å². The predicted molar refractivity (Wildman–Crippen MR) is 86.0 cm³/mol. The molecule has 0 aromatic carbocycles. The van der Waals surface area contributed by atoms with Crippen molar-refractivity contribution in [3.8, 4) is 0 Å². The number of piperazine rings is 1. The predicted octanol–water partition coefficient (Wildman–Crippen LogP) is 0.504. The number of amides is 1. The zero-order valence-electron chi connectivity index (χ0n) is 13.9. The molecule has 1 saturated heterocycles. The van der Waals surface area contributed by atoms with Gasteiger partial charge in [-0.05, 0) is 25.8 Å². The van der Waals surface area contributed by atoms with Gasteiger partial charge in [-0.1, -0.05) is 20.3 Å². The molecule has 0 spiro atoms. The number of likely N-dealkylation sites (N-methyl/N-ethyl adjacent to an activating group) is 1. The van der Waals surface area contributed by atoms with E-state index in [0.717, 1.165) is 52.0 Å². The second kappa shape index (κ2) is 7.07. The van der Waals surface area contributed by atoms with Crippen molar-refractivity contribution in [2.45, 2.75) is 39.2 Å². The third kappa shape index (κ3) is 3.76. The molecular weight excluding hydrogens is 264 g/mol. The molecule has 0 aromatic rings. The van der Waals surface area contributed by atoms with Gasteiger partial charge < -0.3 is 16.0 Å². The minimum atomic E-state index is -0.260. The fraction of sp³-hybridized carbons (Fsp3) is 0.938. The first-order valence-electron chi connectivity index (χ1n) is 8.39. The van der Waals surface area contributed by atoms with Gasteiger partial charge in [-0.3, -0.25) is 9.69 Å². The van der Waals surface area contributed by atoms with Gasteiger partial charge in [0.2, 0.25) is 5.91 Å². The Morgan fingerprint density at radius 2 is 1.86 bits per heavy atom. The first kappa shape index (κ1) is 16.7. The Hall–Kier alpha value is -0.650. The van der Waals surface area contributed by atoms with Crippen LogP contribution in [0.25, 0.3) is 0 Å². The Morgan fingerprint density at radius 1 is 1.24 bits per heavy atom. The average molecular weight is 296 g/mol. The number of nitrogens with two attached hydrogens (primary N) is 1. The van der Waals surface area contributed by atoms with Crippen molar-refractivity contribution >= 4 is 5.91 Å². The number of hydrogen-bond acceptors (Lipinski definition) is 4. The van der Waals surface area contributed by atoms with Crippen molar-refractivity contribution in [1.29, 1.82) is 0 Å². The molecule has 1 atom stereocenters. The van der Waals surface area contributed by atoms with Crippen molar-refractivity contribution in [3.05, 3.63) is 0 Å². The standard InChI is InChI=1S/C16H32N4O/c1-13(2)14(20-9-7-19(3)8-10-20)11-18-15(21)16(12-17)5-4-6-16/h13-14H,4-12,17H2,1-3H3,(H,18,21). The third-order valence-corrected chi connectivity index (χ3v) is 5.43. The molecule has 2 aliphatic rings. The van der Waals surface area contributed by atoms with Crippen LogP contribution in [0.2, 0.25) is 0 Å². The second-order valence-corrected chi connectivity index (χ2v) is 7.20. The van der Waals surface area contributed by atoms with Crippen LogP contribution in [0.1, 0.15) is 33.1 Å². The molecule has 1 saturated carbocycles. The van der Waals surface area contributed by atoms with Crippen LogP contribution in [0.5, 0.6) is 0 Å². The lowest BCUT2D eigenvalue weighted by molar-refractivity contribution is -0.135. The maximum absolute atomic E-state index is 12.4. The number of rotatable bonds is 6. The highest BCUT2D eigenvalue weighted by atomic mass is 16.2. The zero-order chi connectivity index (χ0) is 15.5. The van der Waals surface area contributed by atoms with Crippen molar-refractivity contribution < 1.29 is 4.79 Å². The first-order valence-corrected chi connectivity index (χ1v) is 8.39. The molecule has 0 aromatic heterocycles. The lowest BCUT2D eigenvalue weighted by atomic mass is 9.68. The van der Waals surface area contributed by atoms with Crippen molar-refractivity contribution in [2.24, 2.45) is 17.1 Å². The topological polar surface area (TPSA) is 61.6 Å². The Balaban J connectivity index is 1.87. The molecule has 5 heteroatoms. The lowest BCUT2D eigenvalue weighted by Gasteiger charge is -2.42. The summed E-state index contributed by atoms with van der Waals surface area (Å²) in [6, 6.07) is 0.428. The summed E-state index contributed by atoms with van der Waals surface area (Å²) in [6.45, 7) is 10.2. The van der Waals surface area contributed by atoms with Crippen LogP contribution >= 0.6 is 0 Å². The van der Waals surface area contributed by atoms with Crippen LogP contribution in [0.15, 0.2) is 0 Å². The van der Waals surface area contributed by atoms with Gasteiger partial charge in [0.15, 0.2) is 0 Å². The number of nitrogens with one attached hydrogen (secondary N) is 1. The number of nitrogens with zero attached hydrogens (tertiary/aromatic N) is 2. The van der Waals surface area contributed by atoms with Crippen molar-refractivity contribution in [1.82, 2.24) is 15.1 Å². The monoisotopic (exact) mass is 296 g/mol. The van der Waals surface area contributed by atoms with Gasteiger partial charge in [0.05, 0.1) is 5.41 Å². The molecule has 0 bridgehead atoms. The van der Waals surface area contributed by atoms with Gasteiger partial charge in [0.1, 0.15) is 0 Å². The van der Waals surface area contributed by atoms with E-state index >= 15 is 0 Å². The highest BCUT2D eigenvalue weighted by Crippen LogP contribution is 2.40. The van der Waals surface area contributed by atoms with Crippen molar-refractivity contribution in [2.75, 3.05) is 46.3 Å². The van der Waals surface area contributed by atoms with Gasteiger partial charge in [0.25, 0.3) is 0 Å². The summed E-state index contributed by atoms with van der Waals surface area (Å²) >= 11 is 0. The molecule has 5 nitrogen and oxygen atoms in total. The van der Waals surface area contributed by atoms with Crippen LogP contribution in [0, 0.1) is 11.3 Å². The Bertz CT molecular complexity index is 341. The SMILES string of the molecule is CC(C)C(CNC(=O)C1(CN)CCC1)N1CCN(C)CC1. The fourth-order valence-corrected chi connectivity index (χ4v) is 3.45. The Kier molecular flexibility index (Phi) is 5.63. The van der Waals surface area contributed by atoms with Gasteiger partial charge in [-0.2, -0.15) is 0 Å². The summed E-state index contributed by atoms with van der Waals surface area (Å²) in [5, 5.41) is 3.19. The Morgan fingerprint density at radius 3 is 2.29 bits per heavy atom. The van der Waals surface area contributed by atoms with Crippen LogP contribution in [-0.2, 0) is 4.79 Å². The zero-order valence-corrected chi connectivity index (χ0v) is 13.9. The number of carbonyl (C=O) groups excluding carboxylic acids is 1. The second-order valence-electron chi connectivity index (χ2n) is 7.20. The third-order valence-electron chi connectivity index (χ3n) is 5.43. The van der Waals surface area contributed by atoms with Crippen LogP contribution in [-0.4, -0.2) is 68.1 Å². The minimum Gasteiger partial charge on any atom is -0.354 e. The smallest absolute Gasteiger partial charge is 0.227 e. The van der Waals surface area contributed by atoms with Crippen molar-refractivity contribution in [3.63, 3.8) is 0 Å². The lowest BCUT2D eigenvalue weighted by Crippen LogP contribution is -2.57. The number of hydrogen-bond donors (Lipinski definition) is 2. The average Bonchev–Trinajstić information content (AvgIpc) is 2.40. The van der Waals surface area contributed by atoms with Gasteiger partial charge in [-0.25, -0.2) is 0 Å². The molecule has 21 heavy (non-hydrogen) atoms. The summed E-state index contributed by atoms with van der Waals surface area (Å²) in [5.41, 5.74) is 5.56. The van der Waals surface area contributed by atoms with Crippen LogP contribution in [0.4, 0.5) is 0 Å². The van der Waals surface area contributed by atoms with Gasteiger partial charge in [0, 0.05) is 45.3 Å². The Labute approximate surface area is 129 Å².